The summed E-state index contributed by atoms with van der Waals surface area (Å²) in [6, 6.07) is 5.40. The summed E-state index contributed by atoms with van der Waals surface area (Å²) in [5.74, 6) is 0.473. The number of fused-ring (bicyclic) bond motifs is 2. The van der Waals surface area contributed by atoms with Gasteiger partial charge in [-0.15, -0.1) is 10.2 Å². The number of hydrogen-bond acceptors (Lipinski definition) is 7. The van der Waals surface area contributed by atoms with Crippen LogP contribution < -0.4 is 10.1 Å². The van der Waals surface area contributed by atoms with Crippen LogP contribution in [0.5, 0.6) is 11.6 Å². The molecule has 2 aliphatic heterocycles. The Bertz CT molecular complexity index is 1010. The number of hydrogen-bond donors (Lipinski definition) is 2. The maximum atomic E-state index is 14.9. The zero-order valence-electron chi connectivity index (χ0n) is 15.9. The molecule has 3 aromatic rings. The van der Waals surface area contributed by atoms with Crippen molar-refractivity contribution in [1.82, 2.24) is 30.0 Å². The fraction of sp³-hybridized carbons (Fsp3) is 0.400. The van der Waals surface area contributed by atoms with Gasteiger partial charge in [0.05, 0.1) is 29.3 Å². The highest BCUT2D eigenvalue weighted by molar-refractivity contribution is 5.65. The lowest BCUT2D eigenvalue weighted by molar-refractivity contribution is 0.00788. The van der Waals surface area contributed by atoms with Crippen molar-refractivity contribution < 1.29 is 14.2 Å². The molecule has 2 fully saturated rings. The largest absolute Gasteiger partial charge is 0.507 e. The molecular weight excluding hydrogens is 375 g/mol. The highest BCUT2D eigenvalue weighted by Gasteiger charge is 2.51. The predicted molar refractivity (Wildman–Crippen MR) is 103 cm³/mol. The van der Waals surface area contributed by atoms with Crippen molar-refractivity contribution in [3.63, 3.8) is 0 Å². The summed E-state index contributed by atoms with van der Waals surface area (Å²) in [6.07, 6.45) is 7.16. The highest BCUT2D eigenvalue weighted by Crippen LogP contribution is 2.39. The number of nitrogens with one attached hydrogen (secondary N) is 1. The fourth-order valence-electron chi connectivity index (χ4n) is 4.28. The van der Waals surface area contributed by atoms with Crippen LogP contribution >= 0.6 is 0 Å². The normalized spacial score (nSPS) is 28.4. The van der Waals surface area contributed by atoms with Crippen molar-refractivity contribution in [2.75, 3.05) is 0 Å². The van der Waals surface area contributed by atoms with E-state index in [1.54, 1.807) is 35.4 Å². The van der Waals surface area contributed by atoms with Crippen LogP contribution in [-0.2, 0) is 0 Å². The van der Waals surface area contributed by atoms with E-state index in [9.17, 15) is 9.50 Å². The molecule has 0 radical (unpaired) electrons. The van der Waals surface area contributed by atoms with Crippen LogP contribution in [0.15, 0.2) is 43.1 Å². The van der Waals surface area contributed by atoms with Crippen LogP contribution in [0.2, 0.25) is 0 Å². The van der Waals surface area contributed by atoms with Crippen molar-refractivity contribution >= 4 is 0 Å². The van der Waals surface area contributed by atoms with Crippen LogP contribution in [0, 0.1) is 0 Å². The van der Waals surface area contributed by atoms with Gasteiger partial charge in [-0.2, -0.15) is 0 Å². The van der Waals surface area contributed by atoms with E-state index in [1.807, 2.05) is 13.0 Å². The van der Waals surface area contributed by atoms with Crippen LogP contribution in [0.25, 0.3) is 17.1 Å². The van der Waals surface area contributed by atoms with E-state index in [-0.39, 0.29) is 23.5 Å². The van der Waals surface area contributed by atoms with Crippen LogP contribution in [0.1, 0.15) is 26.2 Å². The van der Waals surface area contributed by atoms with Gasteiger partial charge in [-0.05, 0) is 31.9 Å². The van der Waals surface area contributed by atoms with E-state index in [2.05, 4.69) is 25.5 Å². The molecule has 1 unspecified atom stereocenters. The van der Waals surface area contributed by atoms with Crippen LogP contribution in [0.3, 0.4) is 0 Å². The molecule has 9 heteroatoms. The molecular formula is C20H21FN6O2. The van der Waals surface area contributed by atoms with Crippen molar-refractivity contribution in [3.8, 4) is 28.7 Å². The summed E-state index contributed by atoms with van der Waals surface area (Å²) >= 11 is 0. The van der Waals surface area contributed by atoms with Gasteiger partial charge >= 0.3 is 0 Å². The van der Waals surface area contributed by atoms with E-state index >= 15 is 0 Å². The molecule has 1 aromatic carbocycles. The lowest BCUT2D eigenvalue weighted by atomic mass is 9.88. The minimum Gasteiger partial charge on any atom is -0.507 e. The molecule has 0 amide bonds. The Kier molecular flexibility index (Phi) is 4.20. The highest BCUT2D eigenvalue weighted by atomic mass is 19.1. The molecule has 5 rings (SSSR count). The number of ether oxygens (including phenoxy) is 1. The minimum atomic E-state index is -1.12. The fourth-order valence-corrected chi connectivity index (χ4v) is 4.28. The summed E-state index contributed by atoms with van der Waals surface area (Å²) in [4.78, 5) is 8.24. The molecule has 29 heavy (non-hydrogen) atoms. The number of aromatic hydroxyl groups is 1. The second-order valence-electron chi connectivity index (χ2n) is 7.88. The van der Waals surface area contributed by atoms with Crippen molar-refractivity contribution in [2.45, 2.75) is 50.0 Å². The number of nitrogens with zero attached hydrogens (tertiary/aromatic N) is 5. The lowest BCUT2D eigenvalue weighted by Crippen LogP contribution is -2.59. The molecule has 4 heterocycles. The number of benzene rings is 1. The van der Waals surface area contributed by atoms with E-state index in [0.29, 0.717) is 12.0 Å². The number of halogens is 1. The van der Waals surface area contributed by atoms with Gasteiger partial charge in [0.2, 0.25) is 0 Å². The zero-order chi connectivity index (χ0) is 20.0. The van der Waals surface area contributed by atoms with Crippen LogP contribution in [-0.4, -0.2) is 53.7 Å². The lowest BCUT2D eigenvalue weighted by Gasteiger charge is -2.39. The molecule has 2 bridgehead atoms. The summed E-state index contributed by atoms with van der Waals surface area (Å²) in [5.41, 5.74) is 0.667. The molecule has 2 aromatic heterocycles. The Morgan fingerprint density at radius 1 is 1.34 bits per heavy atom. The minimum absolute atomic E-state index is 0.0262. The number of aromatic nitrogens is 5. The van der Waals surface area contributed by atoms with Crippen LogP contribution in [0.4, 0.5) is 4.39 Å². The third kappa shape index (κ3) is 3.21. The number of piperidine rings is 1. The Balaban J connectivity index is 1.33. The van der Waals surface area contributed by atoms with Gasteiger partial charge in [0.1, 0.15) is 11.9 Å². The summed E-state index contributed by atoms with van der Waals surface area (Å²) < 4.78 is 22.4. The second kappa shape index (κ2) is 6.77. The average molecular weight is 396 g/mol. The van der Waals surface area contributed by atoms with Crippen molar-refractivity contribution in [1.29, 1.82) is 0 Å². The average Bonchev–Trinajstić information content (AvgIpc) is 3.36. The van der Waals surface area contributed by atoms with Gasteiger partial charge in [0.25, 0.3) is 5.88 Å². The quantitative estimate of drug-likeness (QED) is 0.699. The maximum absolute atomic E-state index is 14.9. The molecule has 2 aliphatic rings. The second-order valence-corrected chi connectivity index (χ2v) is 7.88. The Hall–Kier alpha value is -3.07. The first kappa shape index (κ1) is 18.0. The smallest absolute Gasteiger partial charge is 0.252 e. The third-order valence-electron chi connectivity index (χ3n) is 5.84. The summed E-state index contributed by atoms with van der Waals surface area (Å²) in [5, 5.41) is 21.8. The molecule has 8 nitrogen and oxygen atoms in total. The van der Waals surface area contributed by atoms with E-state index in [4.69, 9.17) is 4.74 Å². The van der Waals surface area contributed by atoms with Gasteiger partial charge in [-0.25, -0.2) is 14.4 Å². The summed E-state index contributed by atoms with van der Waals surface area (Å²) in [7, 11) is 0. The van der Waals surface area contributed by atoms with Crippen molar-refractivity contribution in [3.05, 3.63) is 43.1 Å². The van der Waals surface area contributed by atoms with Gasteiger partial charge in [-0.1, -0.05) is 0 Å². The number of imidazole rings is 1. The monoisotopic (exact) mass is 396 g/mol. The number of phenols is 1. The topological polar surface area (TPSA) is 98.0 Å². The molecule has 0 spiro atoms. The molecule has 0 aliphatic carbocycles. The molecule has 0 saturated carbocycles. The first-order chi connectivity index (χ1) is 14.0. The standard InChI is InChI=1S/C20H21FN6O2/c1-20-5-4-12(24-20)8-16(18(20)21)29-17-10-23-19(26-25-17)14-3-2-13(9-15(14)28)27-7-6-22-11-27/h2-3,6-7,9-12,16,18,24,28H,4-5,8H2,1H3/t12?,16-,18-,20+/m1/s1. The molecule has 2 N–H and O–H groups in total. The number of phenolic OH excluding ortho intramolecular Hbond substituents is 1. The van der Waals surface area contributed by atoms with Gasteiger partial charge in [0, 0.05) is 30.9 Å². The number of alkyl halides is 1. The first-order valence-corrected chi connectivity index (χ1v) is 9.62. The Labute approximate surface area is 166 Å². The van der Waals surface area contributed by atoms with Gasteiger partial charge in [-0.3, -0.25) is 0 Å². The maximum Gasteiger partial charge on any atom is 0.252 e. The third-order valence-corrected chi connectivity index (χ3v) is 5.84. The Morgan fingerprint density at radius 2 is 2.24 bits per heavy atom. The SMILES string of the molecule is C[C@]12CCC(C[C@@H](Oc3cnc(-c4ccc(-n5ccnc5)cc4O)nn3)[C@H]1F)N2. The predicted octanol–water partition coefficient (Wildman–Crippen LogP) is 2.43. The van der Waals surface area contributed by atoms with E-state index in [1.165, 1.54) is 6.20 Å². The summed E-state index contributed by atoms with van der Waals surface area (Å²) in [6.45, 7) is 1.90. The molecule has 2 saturated heterocycles. The zero-order valence-corrected chi connectivity index (χ0v) is 15.9. The van der Waals surface area contributed by atoms with E-state index < -0.39 is 17.8 Å². The number of rotatable bonds is 4. The van der Waals surface area contributed by atoms with E-state index in [0.717, 1.165) is 18.5 Å². The molecule has 150 valence electrons. The van der Waals surface area contributed by atoms with Gasteiger partial charge in [0.15, 0.2) is 12.0 Å². The first-order valence-electron chi connectivity index (χ1n) is 9.62. The van der Waals surface area contributed by atoms with Gasteiger partial charge < -0.3 is 19.7 Å². The van der Waals surface area contributed by atoms with Crippen molar-refractivity contribution in [2.24, 2.45) is 0 Å². The Morgan fingerprint density at radius 3 is 2.97 bits per heavy atom. The molecule has 4 atom stereocenters.